The number of carbonyl (C=O) groups excluding carboxylic acids is 1. The van der Waals surface area contributed by atoms with E-state index in [0.29, 0.717) is 16.6 Å². The molecule has 1 atom stereocenters. The Morgan fingerprint density at radius 1 is 1.07 bits per heavy atom. The second kappa shape index (κ2) is 8.37. The molecule has 2 N–H and O–H groups in total. The van der Waals surface area contributed by atoms with Crippen LogP contribution in [0.15, 0.2) is 72.8 Å². The molecule has 1 heterocycles. The molecule has 3 aromatic carbocycles. The third kappa shape index (κ3) is 4.41. The molecule has 29 heavy (non-hydrogen) atoms. The van der Waals surface area contributed by atoms with Gasteiger partial charge in [0.15, 0.2) is 6.61 Å². The van der Waals surface area contributed by atoms with Gasteiger partial charge in [-0.1, -0.05) is 60.1 Å². The largest absolute Gasteiger partial charge is 0.482 e. The Bertz CT molecular complexity index is 1110. The van der Waals surface area contributed by atoms with Crippen LogP contribution in [0.2, 0.25) is 5.02 Å². The quantitative estimate of drug-likeness (QED) is 0.466. The van der Waals surface area contributed by atoms with Gasteiger partial charge in [-0.3, -0.25) is 4.79 Å². The highest BCUT2D eigenvalue weighted by atomic mass is 35.5. The molecule has 4 rings (SSSR count). The predicted molar refractivity (Wildman–Crippen MR) is 115 cm³/mol. The first-order valence-electron chi connectivity index (χ1n) is 9.32. The molecule has 146 valence electrons. The van der Waals surface area contributed by atoms with E-state index in [-0.39, 0.29) is 18.6 Å². The molecular formula is C23H20ClN3O2. The number of benzene rings is 3. The molecule has 1 unspecified atom stereocenters. The second-order valence-corrected chi connectivity index (χ2v) is 7.14. The summed E-state index contributed by atoms with van der Waals surface area (Å²) >= 11 is 6.34. The molecule has 0 saturated heterocycles. The van der Waals surface area contributed by atoms with Gasteiger partial charge in [0.1, 0.15) is 11.6 Å². The summed E-state index contributed by atoms with van der Waals surface area (Å²) in [5, 5.41) is 3.35. The number of fused-ring (bicyclic) bond motifs is 1. The van der Waals surface area contributed by atoms with Gasteiger partial charge in [-0.15, -0.1) is 0 Å². The first-order chi connectivity index (χ1) is 14.1. The third-order valence-corrected chi connectivity index (χ3v) is 4.89. The van der Waals surface area contributed by atoms with Crippen LogP contribution in [0, 0.1) is 0 Å². The zero-order valence-corrected chi connectivity index (χ0v) is 16.6. The van der Waals surface area contributed by atoms with Crippen molar-refractivity contribution in [3.63, 3.8) is 0 Å². The number of carbonyl (C=O) groups is 1. The van der Waals surface area contributed by atoms with Gasteiger partial charge in [-0.2, -0.15) is 0 Å². The van der Waals surface area contributed by atoms with Gasteiger partial charge in [0.05, 0.1) is 22.1 Å². The number of para-hydroxylation sites is 2. The van der Waals surface area contributed by atoms with E-state index in [1.165, 1.54) is 0 Å². The summed E-state index contributed by atoms with van der Waals surface area (Å²) in [6.07, 6.45) is 0. The van der Waals surface area contributed by atoms with Crippen molar-refractivity contribution in [2.75, 3.05) is 6.61 Å². The highest BCUT2D eigenvalue weighted by Gasteiger charge is 2.14. The molecular weight excluding hydrogens is 386 g/mol. The molecule has 6 heteroatoms. The number of rotatable bonds is 6. The van der Waals surface area contributed by atoms with E-state index in [9.17, 15) is 4.79 Å². The van der Waals surface area contributed by atoms with E-state index in [1.807, 2.05) is 73.7 Å². The van der Waals surface area contributed by atoms with Crippen molar-refractivity contribution in [2.45, 2.75) is 13.0 Å². The van der Waals surface area contributed by atoms with Crippen molar-refractivity contribution >= 4 is 28.5 Å². The molecule has 4 aromatic rings. The molecule has 0 aliphatic rings. The minimum atomic E-state index is -0.269. The molecule has 0 saturated carbocycles. The maximum Gasteiger partial charge on any atom is 0.258 e. The van der Waals surface area contributed by atoms with Gasteiger partial charge in [-0.05, 0) is 42.3 Å². The standard InChI is InChI=1S/C23H20ClN3O2/c1-15(23-26-19-9-5-6-10-20(19)27-23)25-22(28)14-29-21-12-11-17(13-18(21)24)16-7-3-2-4-8-16/h2-13,15H,14H2,1H3,(H,25,28)(H,26,27). The van der Waals surface area contributed by atoms with E-state index in [1.54, 1.807) is 6.07 Å². The number of halogens is 1. The van der Waals surface area contributed by atoms with Crippen LogP contribution in [0.1, 0.15) is 18.8 Å². The predicted octanol–water partition coefficient (Wildman–Crippen LogP) is 5.14. The number of aromatic amines is 1. The molecule has 0 spiro atoms. The number of imidazole rings is 1. The lowest BCUT2D eigenvalue weighted by molar-refractivity contribution is -0.123. The van der Waals surface area contributed by atoms with Crippen LogP contribution in [0.5, 0.6) is 5.75 Å². The molecule has 1 amide bonds. The zero-order valence-electron chi connectivity index (χ0n) is 15.9. The van der Waals surface area contributed by atoms with E-state index in [2.05, 4.69) is 15.3 Å². The summed E-state index contributed by atoms with van der Waals surface area (Å²) in [7, 11) is 0. The summed E-state index contributed by atoms with van der Waals surface area (Å²) in [5.41, 5.74) is 3.86. The van der Waals surface area contributed by atoms with Crippen LogP contribution in [0.25, 0.3) is 22.2 Å². The third-order valence-electron chi connectivity index (χ3n) is 4.59. The second-order valence-electron chi connectivity index (χ2n) is 6.73. The average molecular weight is 406 g/mol. The maximum atomic E-state index is 12.3. The van der Waals surface area contributed by atoms with Gasteiger partial charge in [-0.25, -0.2) is 4.98 Å². The number of hydrogen-bond acceptors (Lipinski definition) is 3. The Hall–Kier alpha value is -3.31. The van der Waals surface area contributed by atoms with Crippen molar-refractivity contribution in [1.29, 1.82) is 0 Å². The lowest BCUT2D eigenvalue weighted by Crippen LogP contribution is -2.31. The van der Waals surface area contributed by atoms with Gasteiger partial charge < -0.3 is 15.0 Å². The van der Waals surface area contributed by atoms with Gasteiger partial charge in [0, 0.05) is 0 Å². The minimum absolute atomic E-state index is 0.130. The topological polar surface area (TPSA) is 67.0 Å². The number of ether oxygens (including phenoxy) is 1. The maximum absolute atomic E-state index is 12.3. The van der Waals surface area contributed by atoms with Crippen LogP contribution in [-0.2, 0) is 4.79 Å². The van der Waals surface area contributed by atoms with Gasteiger partial charge in [0.25, 0.3) is 5.91 Å². The Kier molecular flexibility index (Phi) is 5.49. The Balaban J connectivity index is 1.36. The van der Waals surface area contributed by atoms with Gasteiger partial charge in [0.2, 0.25) is 0 Å². The minimum Gasteiger partial charge on any atom is -0.482 e. The lowest BCUT2D eigenvalue weighted by Gasteiger charge is -2.13. The number of nitrogens with zero attached hydrogens (tertiary/aromatic N) is 1. The number of amides is 1. The molecule has 0 radical (unpaired) electrons. The van der Waals surface area contributed by atoms with Gasteiger partial charge >= 0.3 is 0 Å². The van der Waals surface area contributed by atoms with Crippen LogP contribution in [0.4, 0.5) is 0 Å². The Morgan fingerprint density at radius 2 is 1.83 bits per heavy atom. The first-order valence-corrected chi connectivity index (χ1v) is 9.70. The van der Waals surface area contributed by atoms with Crippen molar-refractivity contribution in [3.8, 4) is 16.9 Å². The smallest absolute Gasteiger partial charge is 0.258 e. The number of aromatic nitrogens is 2. The SMILES string of the molecule is CC(NC(=O)COc1ccc(-c2ccccc2)cc1Cl)c1nc2ccccc2[nH]1. The Morgan fingerprint density at radius 3 is 2.59 bits per heavy atom. The summed E-state index contributed by atoms with van der Waals surface area (Å²) in [6, 6.07) is 22.9. The van der Waals surface area contributed by atoms with Crippen molar-refractivity contribution in [1.82, 2.24) is 15.3 Å². The highest BCUT2D eigenvalue weighted by molar-refractivity contribution is 6.32. The average Bonchev–Trinajstić information content (AvgIpc) is 3.18. The molecule has 0 bridgehead atoms. The van der Waals surface area contributed by atoms with Crippen LogP contribution in [0.3, 0.4) is 0 Å². The number of hydrogen-bond donors (Lipinski definition) is 2. The fraction of sp³-hybridized carbons (Fsp3) is 0.130. The van der Waals surface area contributed by atoms with E-state index in [0.717, 1.165) is 22.2 Å². The first kappa shape index (κ1) is 19.0. The molecule has 5 nitrogen and oxygen atoms in total. The summed E-state index contributed by atoms with van der Waals surface area (Å²) in [6.45, 7) is 1.74. The van der Waals surface area contributed by atoms with E-state index < -0.39 is 0 Å². The summed E-state index contributed by atoms with van der Waals surface area (Å²) in [5.74, 6) is 0.920. The van der Waals surface area contributed by atoms with E-state index >= 15 is 0 Å². The van der Waals surface area contributed by atoms with E-state index in [4.69, 9.17) is 16.3 Å². The van der Waals surface area contributed by atoms with Crippen molar-refractivity contribution in [3.05, 3.63) is 83.6 Å². The summed E-state index contributed by atoms with van der Waals surface area (Å²) in [4.78, 5) is 20.0. The molecule has 0 fully saturated rings. The van der Waals surface area contributed by atoms with Crippen LogP contribution in [-0.4, -0.2) is 22.5 Å². The fourth-order valence-corrected chi connectivity index (χ4v) is 3.34. The van der Waals surface area contributed by atoms with Crippen molar-refractivity contribution in [2.24, 2.45) is 0 Å². The summed E-state index contributed by atoms with van der Waals surface area (Å²) < 4.78 is 5.61. The van der Waals surface area contributed by atoms with Crippen LogP contribution < -0.4 is 10.1 Å². The van der Waals surface area contributed by atoms with Crippen LogP contribution >= 0.6 is 11.6 Å². The molecule has 0 aliphatic heterocycles. The normalized spacial score (nSPS) is 11.9. The monoisotopic (exact) mass is 405 g/mol. The zero-order chi connectivity index (χ0) is 20.2. The number of H-pyrrole nitrogens is 1. The van der Waals surface area contributed by atoms with Crippen molar-refractivity contribution < 1.29 is 9.53 Å². The lowest BCUT2D eigenvalue weighted by atomic mass is 10.1. The Labute approximate surface area is 173 Å². The highest BCUT2D eigenvalue weighted by Crippen LogP contribution is 2.30. The number of nitrogens with one attached hydrogen (secondary N) is 2. The molecule has 1 aromatic heterocycles. The fourth-order valence-electron chi connectivity index (χ4n) is 3.10. The molecule has 0 aliphatic carbocycles.